The third kappa shape index (κ3) is 1.88. The van der Waals surface area contributed by atoms with Crippen LogP contribution in [-0.4, -0.2) is 17.3 Å². The third-order valence-electron chi connectivity index (χ3n) is 2.67. The number of carbonyl (C=O) groups excluding carboxylic acids is 1. The monoisotopic (exact) mass is 221 g/mol. The van der Waals surface area contributed by atoms with E-state index >= 15 is 0 Å². The number of aryl methyl sites for hydroxylation is 1. The molecule has 4 nitrogen and oxygen atoms in total. The molecule has 0 fully saturated rings. The fraction of sp³-hybridized carbons (Fsp3) is 0.417. The Morgan fingerprint density at radius 2 is 2.38 bits per heavy atom. The molecule has 4 heteroatoms. The number of fused-ring (bicyclic) bond motifs is 1. The van der Waals surface area contributed by atoms with Gasteiger partial charge in [-0.25, -0.2) is 0 Å². The SMILES string of the molecule is CCc1ccc(NC(C)=O)c2c1OC(O)C2. The zero-order chi connectivity index (χ0) is 11.7. The van der Waals surface area contributed by atoms with Crippen LogP contribution in [0, 0.1) is 0 Å². The second-order valence-electron chi connectivity index (χ2n) is 3.89. The third-order valence-corrected chi connectivity index (χ3v) is 2.67. The number of nitrogens with one attached hydrogen (secondary N) is 1. The predicted octanol–water partition coefficient (Wildman–Crippen LogP) is 1.46. The summed E-state index contributed by atoms with van der Waals surface area (Å²) in [6.07, 6.45) is 0.476. The minimum Gasteiger partial charge on any atom is -0.464 e. The number of aliphatic hydroxyl groups excluding tert-OH is 1. The van der Waals surface area contributed by atoms with Crippen LogP contribution in [0.15, 0.2) is 12.1 Å². The van der Waals surface area contributed by atoms with Gasteiger partial charge in [-0.1, -0.05) is 13.0 Å². The Hall–Kier alpha value is -1.55. The van der Waals surface area contributed by atoms with Gasteiger partial charge in [-0.05, 0) is 18.1 Å². The molecule has 0 bridgehead atoms. The lowest BCUT2D eigenvalue weighted by molar-refractivity contribution is -0.114. The highest BCUT2D eigenvalue weighted by molar-refractivity contribution is 5.90. The van der Waals surface area contributed by atoms with Gasteiger partial charge < -0.3 is 15.2 Å². The van der Waals surface area contributed by atoms with Gasteiger partial charge in [-0.2, -0.15) is 0 Å². The van der Waals surface area contributed by atoms with Gasteiger partial charge in [-0.3, -0.25) is 4.79 Å². The topological polar surface area (TPSA) is 58.6 Å². The summed E-state index contributed by atoms with van der Waals surface area (Å²) in [6, 6.07) is 3.78. The number of anilines is 1. The van der Waals surface area contributed by atoms with Crippen molar-refractivity contribution in [1.82, 2.24) is 0 Å². The van der Waals surface area contributed by atoms with Crippen molar-refractivity contribution in [3.63, 3.8) is 0 Å². The minimum absolute atomic E-state index is 0.118. The number of hydrogen-bond acceptors (Lipinski definition) is 3. The first-order valence-electron chi connectivity index (χ1n) is 5.39. The van der Waals surface area contributed by atoms with Crippen molar-refractivity contribution >= 4 is 11.6 Å². The van der Waals surface area contributed by atoms with E-state index in [0.717, 1.165) is 29.0 Å². The maximum atomic E-state index is 11.0. The van der Waals surface area contributed by atoms with E-state index in [1.54, 1.807) is 0 Å². The smallest absolute Gasteiger partial charge is 0.221 e. The molecule has 1 aliphatic rings. The van der Waals surface area contributed by atoms with Gasteiger partial charge in [0, 0.05) is 24.6 Å². The zero-order valence-electron chi connectivity index (χ0n) is 9.41. The molecule has 0 spiro atoms. The molecule has 1 heterocycles. The van der Waals surface area contributed by atoms with Gasteiger partial charge in [0.05, 0.1) is 0 Å². The van der Waals surface area contributed by atoms with Crippen molar-refractivity contribution in [3.05, 3.63) is 23.3 Å². The van der Waals surface area contributed by atoms with Crippen LogP contribution in [-0.2, 0) is 17.6 Å². The molecule has 1 aromatic rings. The summed E-state index contributed by atoms with van der Waals surface area (Å²) in [5.41, 5.74) is 2.68. The number of rotatable bonds is 2. The Labute approximate surface area is 94.2 Å². The molecule has 2 N–H and O–H groups in total. The quantitative estimate of drug-likeness (QED) is 0.794. The van der Waals surface area contributed by atoms with Gasteiger partial charge in [0.2, 0.25) is 12.2 Å². The molecule has 0 saturated heterocycles. The molecule has 1 amide bonds. The maximum absolute atomic E-state index is 11.0. The number of ether oxygens (including phenoxy) is 1. The summed E-state index contributed by atoms with van der Waals surface area (Å²) in [7, 11) is 0. The lowest BCUT2D eigenvalue weighted by Gasteiger charge is -2.10. The molecule has 0 aromatic heterocycles. The van der Waals surface area contributed by atoms with Crippen LogP contribution in [0.2, 0.25) is 0 Å². The Bertz CT molecular complexity index is 429. The Morgan fingerprint density at radius 3 is 3.00 bits per heavy atom. The number of carbonyl (C=O) groups is 1. The van der Waals surface area contributed by atoms with Crippen LogP contribution in [0.4, 0.5) is 5.69 Å². The molecule has 16 heavy (non-hydrogen) atoms. The standard InChI is InChI=1S/C12H15NO3/c1-3-8-4-5-10(13-7(2)14)9-6-11(15)16-12(8)9/h4-5,11,15H,3,6H2,1-2H3,(H,13,14). The molecule has 0 aliphatic carbocycles. The Morgan fingerprint density at radius 1 is 1.62 bits per heavy atom. The average molecular weight is 221 g/mol. The number of hydrogen-bond donors (Lipinski definition) is 2. The highest BCUT2D eigenvalue weighted by Gasteiger charge is 2.26. The van der Waals surface area contributed by atoms with Crippen LogP contribution < -0.4 is 10.1 Å². The van der Waals surface area contributed by atoms with E-state index < -0.39 is 6.29 Å². The van der Waals surface area contributed by atoms with Crippen molar-refractivity contribution < 1.29 is 14.6 Å². The average Bonchev–Trinajstić information content (AvgIpc) is 2.59. The number of benzene rings is 1. The summed E-state index contributed by atoms with van der Waals surface area (Å²) in [5.74, 6) is 0.606. The summed E-state index contributed by atoms with van der Waals surface area (Å²) in [6.45, 7) is 3.49. The second-order valence-corrected chi connectivity index (χ2v) is 3.89. The first-order valence-corrected chi connectivity index (χ1v) is 5.39. The second kappa shape index (κ2) is 4.14. The minimum atomic E-state index is -0.796. The highest BCUT2D eigenvalue weighted by atomic mass is 16.6. The lowest BCUT2D eigenvalue weighted by atomic mass is 10.0. The van der Waals surface area contributed by atoms with Gasteiger partial charge in [0.1, 0.15) is 5.75 Å². The molecule has 2 rings (SSSR count). The summed E-state index contributed by atoms with van der Waals surface area (Å²) in [5, 5.41) is 12.2. The summed E-state index contributed by atoms with van der Waals surface area (Å²) < 4.78 is 5.36. The van der Waals surface area contributed by atoms with Crippen LogP contribution in [0.5, 0.6) is 5.75 Å². The van der Waals surface area contributed by atoms with Crippen molar-refractivity contribution in [2.75, 3.05) is 5.32 Å². The van der Waals surface area contributed by atoms with Crippen LogP contribution in [0.25, 0.3) is 0 Å². The van der Waals surface area contributed by atoms with E-state index in [4.69, 9.17) is 4.74 Å². The van der Waals surface area contributed by atoms with Crippen molar-refractivity contribution in [2.45, 2.75) is 33.0 Å². The molecule has 1 unspecified atom stereocenters. The molecule has 86 valence electrons. The van der Waals surface area contributed by atoms with E-state index in [9.17, 15) is 9.90 Å². The van der Waals surface area contributed by atoms with Crippen LogP contribution in [0.3, 0.4) is 0 Å². The number of aliphatic hydroxyl groups is 1. The largest absolute Gasteiger partial charge is 0.464 e. The molecular formula is C12H15NO3. The molecule has 0 saturated carbocycles. The van der Waals surface area contributed by atoms with Gasteiger partial charge in [0.25, 0.3) is 0 Å². The highest BCUT2D eigenvalue weighted by Crippen LogP contribution is 2.37. The zero-order valence-corrected chi connectivity index (χ0v) is 9.41. The molecule has 0 radical (unpaired) electrons. The maximum Gasteiger partial charge on any atom is 0.221 e. The van der Waals surface area contributed by atoms with E-state index in [1.807, 2.05) is 19.1 Å². The van der Waals surface area contributed by atoms with Gasteiger partial charge in [-0.15, -0.1) is 0 Å². The Balaban J connectivity index is 2.43. The lowest BCUT2D eigenvalue weighted by Crippen LogP contribution is -2.11. The van der Waals surface area contributed by atoms with Crippen LogP contribution >= 0.6 is 0 Å². The van der Waals surface area contributed by atoms with E-state index in [1.165, 1.54) is 6.92 Å². The fourth-order valence-corrected chi connectivity index (χ4v) is 1.96. The van der Waals surface area contributed by atoms with Crippen LogP contribution in [0.1, 0.15) is 25.0 Å². The molecule has 1 atom stereocenters. The first kappa shape index (κ1) is 11.0. The fourth-order valence-electron chi connectivity index (χ4n) is 1.96. The van der Waals surface area contributed by atoms with Crippen molar-refractivity contribution in [3.8, 4) is 5.75 Å². The Kier molecular flexibility index (Phi) is 2.83. The van der Waals surface area contributed by atoms with Crippen molar-refractivity contribution in [1.29, 1.82) is 0 Å². The van der Waals surface area contributed by atoms with E-state index in [2.05, 4.69) is 5.32 Å². The van der Waals surface area contributed by atoms with Crippen molar-refractivity contribution in [2.24, 2.45) is 0 Å². The van der Waals surface area contributed by atoms with E-state index in [0.29, 0.717) is 6.42 Å². The normalized spacial score (nSPS) is 17.8. The summed E-state index contributed by atoms with van der Waals surface area (Å²) in [4.78, 5) is 11.0. The predicted molar refractivity (Wildman–Crippen MR) is 60.5 cm³/mol. The summed E-state index contributed by atoms with van der Waals surface area (Å²) >= 11 is 0. The van der Waals surface area contributed by atoms with E-state index in [-0.39, 0.29) is 5.91 Å². The van der Waals surface area contributed by atoms with Gasteiger partial charge in [0.15, 0.2) is 0 Å². The molecular weight excluding hydrogens is 206 g/mol. The number of amides is 1. The molecule has 1 aliphatic heterocycles. The molecule has 1 aromatic carbocycles. The van der Waals surface area contributed by atoms with Gasteiger partial charge >= 0.3 is 0 Å². The first-order chi connectivity index (χ1) is 7.61.